The van der Waals surface area contributed by atoms with Gasteiger partial charge in [-0.05, 0) is 35.2 Å². The highest BCUT2D eigenvalue weighted by Crippen LogP contribution is 2.34. The van der Waals surface area contributed by atoms with E-state index in [-0.39, 0.29) is 5.41 Å². The number of nitrogens with zero attached hydrogens (tertiary/aromatic N) is 1. The number of halogens is 1. The monoisotopic (exact) mass is 316 g/mol. The highest BCUT2D eigenvalue weighted by molar-refractivity contribution is 7.22. The number of hydrogen-bond acceptors (Lipinski definition) is 3. The molecular weight excluding hydrogens is 300 g/mol. The van der Waals surface area contributed by atoms with Crippen molar-refractivity contribution in [2.75, 3.05) is 5.32 Å². The SMILES string of the molecule is CC(C)(C)c1ccccc1Nc1nc2ccc(Cl)cc2s1. The zero-order valence-corrected chi connectivity index (χ0v) is 13.8. The van der Waals surface area contributed by atoms with E-state index in [0.29, 0.717) is 0 Å². The summed E-state index contributed by atoms with van der Waals surface area (Å²) in [4.78, 5) is 4.62. The Labute approximate surface area is 133 Å². The highest BCUT2D eigenvalue weighted by atomic mass is 35.5. The number of benzene rings is 2. The smallest absolute Gasteiger partial charge is 0.188 e. The summed E-state index contributed by atoms with van der Waals surface area (Å²) in [5.41, 5.74) is 3.45. The third-order valence-electron chi connectivity index (χ3n) is 3.33. The van der Waals surface area contributed by atoms with E-state index in [1.54, 1.807) is 11.3 Å². The van der Waals surface area contributed by atoms with Crippen LogP contribution in [0.1, 0.15) is 26.3 Å². The van der Waals surface area contributed by atoms with Crippen LogP contribution in [0, 0.1) is 0 Å². The number of anilines is 2. The molecule has 1 heterocycles. The first-order chi connectivity index (χ1) is 9.93. The molecule has 1 aromatic heterocycles. The molecule has 0 fully saturated rings. The molecule has 0 amide bonds. The van der Waals surface area contributed by atoms with Crippen molar-refractivity contribution in [3.05, 3.63) is 53.1 Å². The maximum atomic E-state index is 6.03. The average Bonchev–Trinajstić information content (AvgIpc) is 2.79. The molecule has 0 saturated carbocycles. The van der Waals surface area contributed by atoms with Gasteiger partial charge in [-0.25, -0.2) is 4.98 Å². The van der Waals surface area contributed by atoms with Crippen molar-refractivity contribution >= 4 is 44.0 Å². The van der Waals surface area contributed by atoms with E-state index >= 15 is 0 Å². The summed E-state index contributed by atoms with van der Waals surface area (Å²) in [6.07, 6.45) is 0. The molecular formula is C17H17ClN2S. The topological polar surface area (TPSA) is 24.9 Å². The van der Waals surface area contributed by atoms with Crippen LogP contribution in [0.2, 0.25) is 5.02 Å². The van der Waals surface area contributed by atoms with Crippen LogP contribution in [0.15, 0.2) is 42.5 Å². The second-order valence-corrected chi connectivity index (χ2v) is 7.52. The summed E-state index contributed by atoms with van der Waals surface area (Å²) in [6, 6.07) is 14.2. The number of thiazole rings is 1. The van der Waals surface area contributed by atoms with Crippen LogP contribution in [-0.4, -0.2) is 4.98 Å². The van der Waals surface area contributed by atoms with E-state index in [2.05, 4.69) is 49.3 Å². The fourth-order valence-corrected chi connectivity index (χ4v) is 3.47. The average molecular weight is 317 g/mol. The molecule has 0 atom stereocenters. The molecule has 0 aliphatic carbocycles. The number of rotatable bonds is 2. The van der Waals surface area contributed by atoms with E-state index < -0.39 is 0 Å². The maximum absolute atomic E-state index is 6.03. The third-order valence-corrected chi connectivity index (χ3v) is 4.50. The molecule has 0 aliphatic rings. The van der Waals surface area contributed by atoms with Crippen LogP contribution < -0.4 is 5.32 Å². The molecule has 3 rings (SSSR count). The first kappa shape index (κ1) is 14.4. The first-order valence-corrected chi connectivity index (χ1v) is 8.05. The molecule has 2 nitrogen and oxygen atoms in total. The Bertz CT molecular complexity index is 787. The fraction of sp³-hybridized carbons (Fsp3) is 0.235. The molecule has 0 unspecified atom stereocenters. The number of aromatic nitrogens is 1. The molecule has 1 N–H and O–H groups in total. The largest absolute Gasteiger partial charge is 0.331 e. The van der Waals surface area contributed by atoms with Gasteiger partial charge in [0.2, 0.25) is 0 Å². The minimum Gasteiger partial charge on any atom is -0.331 e. The second-order valence-electron chi connectivity index (χ2n) is 6.05. The van der Waals surface area contributed by atoms with Gasteiger partial charge in [0.15, 0.2) is 5.13 Å². The normalized spacial score (nSPS) is 11.8. The molecule has 3 aromatic rings. The van der Waals surface area contributed by atoms with Gasteiger partial charge in [0.25, 0.3) is 0 Å². The molecule has 2 aromatic carbocycles. The van der Waals surface area contributed by atoms with Gasteiger partial charge in [-0.2, -0.15) is 0 Å². The lowest BCUT2D eigenvalue weighted by atomic mass is 9.86. The van der Waals surface area contributed by atoms with Crippen LogP contribution >= 0.6 is 22.9 Å². The number of para-hydroxylation sites is 1. The fourth-order valence-electron chi connectivity index (χ4n) is 2.31. The van der Waals surface area contributed by atoms with Gasteiger partial charge in [0.05, 0.1) is 10.2 Å². The van der Waals surface area contributed by atoms with Gasteiger partial charge in [0, 0.05) is 10.7 Å². The highest BCUT2D eigenvalue weighted by Gasteiger charge is 2.18. The number of fused-ring (bicyclic) bond motifs is 1. The summed E-state index contributed by atoms with van der Waals surface area (Å²) in [7, 11) is 0. The molecule has 4 heteroatoms. The first-order valence-electron chi connectivity index (χ1n) is 6.86. The standard InChI is InChI=1S/C17H17ClN2S/c1-17(2,3)12-6-4-5-7-13(12)19-16-20-14-9-8-11(18)10-15(14)21-16/h4-10H,1-3H3,(H,19,20). The molecule has 0 radical (unpaired) electrons. The molecule has 108 valence electrons. The Morgan fingerprint density at radius 1 is 1.10 bits per heavy atom. The van der Waals surface area contributed by atoms with Gasteiger partial charge < -0.3 is 5.32 Å². The van der Waals surface area contributed by atoms with Crippen molar-refractivity contribution in [3.63, 3.8) is 0 Å². The van der Waals surface area contributed by atoms with Crippen LogP contribution in [0.3, 0.4) is 0 Å². The van der Waals surface area contributed by atoms with E-state index in [0.717, 1.165) is 26.1 Å². The molecule has 0 bridgehead atoms. The van der Waals surface area contributed by atoms with Gasteiger partial charge in [-0.3, -0.25) is 0 Å². The van der Waals surface area contributed by atoms with E-state index in [1.165, 1.54) is 5.56 Å². The lowest BCUT2D eigenvalue weighted by Crippen LogP contribution is -2.13. The summed E-state index contributed by atoms with van der Waals surface area (Å²) >= 11 is 7.65. The summed E-state index contributed by atoms with van der Waals surface area (Å²) in [5.74, 6) is 0. The van der Waals surface area contributed by atoms with Crippen LogP contribution in [-0.2, 0) is 5.41 Å². The van der Waals surface area contributed by atoms with E-state index in [9.17, 15) is 0 Å². The predicted molar refractivity (Wildman–Crippen MR) is 93.1 cm³/mol. The lowest BCUT2D eigenvalue weighted by molar-refractivity contribution is 0.592. The molecule has 0 aliphatic heterocycles. The van der Waals surface area contributed by atoms with Crippen molar-refractivity contribution in [1.82, 2.24) is 4.98 Å². The van der Waals surface area contributed by atoms with Crippen LogP contribution in [0.25, 0.3) is 10.2 Å². The van der Waals surface area contributed by atoms with E-state index in [1.807, 2.05) is 24.3 Å². The number of nitrogens with one attached hydrogen (secondary N) is 1. The number of hydrogen-bond donors (Lipinski definition) is 1. The Morgan fingerprint density at radius 2 is 1.86 bits per heavy atom. The van der Waals surface area contributed by atoms with Crippen LogP contribution in [0.4, 0.5) is 10.8 Å². The van der Waals surface area contributed by atoms with Gasteiger partial charge >= 0.3 is 0 Å². The predicted octanol–water partition coefficient (Wildman–Crippen LogP) is 5.99. The minimum absolute atomic E-state index is 0.0869. The van der Waals surface area contributed by atoms with Crippen molar-refractivity contribution < 1.29 is 0 Å². The Kier molecular flexibility index (Phi) is 3.64. The minimum atomic E-state index is 0.0869. The zero-order valence-electron chi connectivity index (χ0n) is 12.3. The van der Waals surface area contributed by atoms with Crippen molar-refractivity contribution in [2.45, 2.75) is 26.2 Å². The van der Waals surface area contributed by atoms with Gasteiger partial charge in [-0.1, -0.05) is 61.9 Å². The molecule has 0 spiro atoms. The second kappa shape index (κ2) is 5.32. The molecule has 0 saturated heterocycles. The summed E-state index contributed by atoms with van der Waals surface area (Å²) in [6.45, 7) is 6.64. The lowest BCUT2D eigenvalue weighted by Gasteiger charge is -2.22. The summed E-state index contributed by atoms with van der Waals surface area (Å²) < 4.78 is 1.10. The van der Waals surface area contributed by atoms with Crippen molar-refractivity contribution in [1.29, 1.82) is 0 Å². The van der Waals surface area contributed by atoms with Crippen LogP contribution in [0.5, 0.6) is 0 Å². The van der Waals surface area contributed by atoms with Crippen molar-refractivity contribution in [3.8, 4) is 0 Å². The van der Waals surface area contributed by atoms with Crippen molar-refractivity contribution in [2.24, 2.45) is 0 Å². The van der Waals surface area contributed by atoms with Gasteiger partial charge in [0.1, 0.15) is 0 Å². The quantitative estimate of drug-likeness (QED) is 0.628. The zero-order chi connectivity index (χ0) is 15.0. The third kappa shape index (κ3) is 3.04. The summed E-state index contributed by atoms with van der Waals surface area (Å²) in [5, 5.41) is 5.09. The Hall–Kier alpha value is -1.58. The molecule has 21 heavy (non-hydrogen) atoms. The maximum Gasteiger partial charge on any atom is 0.188 e. The van der Waals surface area contributed by atoms with Gasteiger partial charge in [-0.15, -0.1) is 0 Å². The Balaban J connectivity index is 1.99. The Morgan fingerprint density at radius 3 is 2.62 bits per heavy atom. The van der Waals surface area contributed by atoms with E-state index in [4.69, 9.17) is 11.6 Å².